The molecule has 126 valence electrons. The Labute approximate surface area is 153 Å². The van der Waals surface area contributed by atoms with E-state index >= 15 is 0 Å². The number of carbonyl (C=O) groups excluding carboxylic acids is 1. The predicted octanol–water partition coefficient (Wildman–Crippen LogP) is 3.66. The Morgan fingerprint density at radius 3 is 2.40 bits per heavy atom. The third-order valence-electron chi connectivity index (χ3n) is 3.37. The van der Waals surface area contributed by atoms with Crippen LogP contribution in [-0.2, 0) is 11.4 Å². The van der Waals surface area contributed by atoms with E-state index in [4.69, 9.17) is 17.0 Å². The van der Waals surface area contributed by atoms with Gasteiger partial charge in [-0.25, -0.2) is 0 Å². The minimum Gasteiger partial charge on any atom is -0.489 e. The second-order valence-corrected chi connectivity index (χ2v) is 6.85. The van der Waals surface area contributed by atoms with E-state index in [0.717, 1.165) is 11.1 Å². The summed E-state index contributed by atoms with van der Waals surface area (Å²) in [5.74, 6) is 0.480. The van der Waals surface area contributed by atoms with Crippen LogP contribution in [0.2, 0.25) is 0 Å². The summed E-state index contributed by atoms with van der Waals surface area (Å²) in [4.78, 5) is 22.4. The third kappa shape index (κ3) is 4.43. The third-order valence-corrected chi connectivity index (χ3v) is 4.54. The summed E-state index contributed by atoms with van der Waals surface area (Å²) in [5, 5.41) is 13.2. The highest BCUT2D eigenvalue weighted by molar-refractivity contribution is 8.26. The molecule has 0 bridgehead atoms. The molecule has 1 amide bonds. The molecule has 0 spiro atoms. The van der Waals surface area contributed by atoms with Gasteiger partial charge in [-0.05, 0) is 41.5 Å². The van der Waals surface area contributed by atoms with Crippen LogP contribution in [0, 0.1) is 10.1 Å². The lowest BCUT2D eigenvalue weighted by atomic mass is 10.2. The lowest BCUT2D eigenvalue weighted by molar-refractivity contribution is -0.384. The minimum atomic E-state index is -0.437. The number of nitro groups is 1. The molecule has 0 aromatic heterocycles. The first-order valence-electron chi connectivity index (χ1n) is 7.22. The van der Waals surface area contributed by atoms with Crippen molar-refractivity contribution in [2.45, 2.75) is 6.61 Å². The van der Waals surface area contributed by atoms with Crippen molar-refractivity contribution in [3.63, 3.8) is 0 Å². The van der Waals surface area contributed by atoms with Gasteiger partial charge >= 0.3 is 0 Å². The van der Waals surface area contributed by atoms with Gasteiger partial charge < -0.3 is 10.1 Å². The van der Waals surface area contributed by atoms with Crippen LogP contribution in [-0.4, -0.2) is 15.2 Å². The zero-order valence-electron chi connectivity index (χ0n) is 12.8. The number of hydrogen-bond acceptors (Lipinski definition) is 6. The van der Waals surface area contributed by atoms with E-state index in [-0.39, 0.29) is 11.6 Å². The van der Waals surface area contributed by atoms with Gasteiger partial charge in [0.25, 0.3) is 11.6 Å². The number of thioether (sulfide) groups is 1. The van der Waals surface area contributed by atoms with Gasteiger partial charge in [0.1, 0.15) is 16.7 Å². The van der Waals surface area contributed by atoms with Crippen LogP contribution in [0.4, 0.5) is 5.69 Å². The molecule has 1 aliphatic rings. The Morgan fingerprint density at radius 2 is 1.84 bits per heavy atom. The summed E-state index contributed by atoms with van der Waals surface area (Å²) in [7, 11) is 0. The lowest BCUT2D eigenvalue weighted by Crippen LogP contribution is -2.17. The molecule has 25 heavy (non-hydrogen) atoms. The summed E-state index contributed by atoms with van der Waals surface area (Å²) in [5.41, 5.74) is 1.75. The Hall–Kier alpha value is -2.71. The van der Waals surface area contributed by atoms with Crippen molar-refractivity contribution in [1.29, 1.82) is 0 Å². The fourth-order valence-electron chi connectivity index (χ4n) is 2.11. The topological polar surface area (TPSA) is 81.5 Å². The van der Waals surface area contributed by atoms with Crippen LogP contribution < -0.4 is 10.1 Å². The van der Waals surface area contributed by atoms with Crippen LogP contribution >= 0.6 is 24.0 Å². The van der Waals surface area contributed by atoms with Gasteiger partial charge in [0.05, 0.1) is 9.83 Å². The van der Waals surface area contributed by atoms with Gasteiger partial charge in [0.15, 0.2) is 0 Å². The molecule has 0 atom stereocenters. The number of nitro benzene ring substituents is 1. The summed E-state index contributed by atoms with van der Waals surface area (Å²) >= 11 is 6.18. The van der Waals surface area contributed by atoms with Gasteiger partial charge in [0, 0.05) is 12.1 Å². The highest BCUT2D eigenvalue weighted by Crippen LogP contribution is 2.26. The average molecular weight is 372 g/mol. The molecule has 1 N–H and O–H groups in total. The van der Waals surface area contributed by atoms with E-state index < -0.39 is 4.92 Å². The smallest absolute Gasteiger partial charge is 0.269 e. The Balaban J connectivity index is 1.61. The number of benzene rings is 2. The van der Waals surface area contributed by atoms with Crippen molar-refractivity contribution in [3.8, 4) is 5.75 Å². The largest absolute Gasteiger partial charge is 0.489 e. The molecule has 0 saturated carbocycles. The zero-order chi connectivity index (χ0) is 17.8. The molecule has 6 nitrogen and oxygen atoms in total. The second-order valence-electron chi connectivity index (χ2n) is 5.13. The second kappa shape index (κ2) is 7.45. The van der Waals surface area contributed by atoms with Gasteiger partial charge in [-0.3, -0.25) is 14.9 Å². The average Bonchev–Trinajstić information content (AvgIpc) is 2.92. The fraction of sp³-hybridized carbons (Fsp3) is 0.0588. The van der Waals surface area contributed by atoms with Crippen LogP contribution in [0.25, 0.3) is 6.08 Å². The number of thiocarbonyl (C=S) groups is 1. The van der Waals surface area contributed by atoms with Crippen molar-refractivity contribution in [3.05, 3.63) is 74.7 Å². The molecule has 0 aliphatic carbocycles. The van der Waals surface area contributed by atoms with Crippen LogP contribution in [0.15, 0.2) is 53.4 Å². The number of hydrogen-bond donors (Lipinski definition) is 1. The van der Waals surface area contributed by atoms with Crippen molar-refractivity contribution in [1.82, 2.24) is 5.32 Å². The van der Waals surface area contributed by atoms with E-state index in [1.54, 1.807) is 30.3 Å². The number of amides is 1. The molecule has 3 rings (SSSR count). The maximum Gasteiger partial charge on any atom is 0.269 e. The van der Waals surface area contributed by atoms with Crippen molar-refractivity contribution in [2.24, 2.45) is 0 Å². The first kappa shape index (κ1) is 17.1. The summed E-state index contributed by atoms with van der Waals surface area (Å²) in [6, 6.07) is 13.5. The molecule has 8 heteroatoms. The normalized spacial score (nSPS) is 15.3. The zero-order valence-corrected chi connectivity index (χ0v) is 14.4. The fourth-order valence-corrected chi connectivity index (χ4v) is 3.16. The number of ether oxygens (including phenoxy) is 1. The Kier molecular flexibility index (Phi) is 5.11. The lowest BCUT2D eigenvalue weighted by Gasteiger charge is -2.06. The van der Waals surface area contributed by atoms with E-state index in [0.29, 0.717) is 21.6 Å². The number of nitrogens with zero attached hydrogens (tertiary/aromatic N) is 1. The van der Waals surface area contributed by atoms with Crippen LogP contribution in [0.5, 0.6) is 5.75 Å². The molecule has 1 aliphatic heterocycles. The van der Waals surface area contributed by atoms with E-state index in [2.05, 4.69) is 5.32 Å². The quantitative estimate of drug-likeness (QED) is 0.373. The SMILES string of the molecule is O=C1NC(=S)S/C1=C\c1ccc(OCc2ccc([N+](=O)[O-])cc2)cc1. The van der Waals surface area contributed by atoms with Crippen molar-refractivity contribution < 1.29 is 14.5 Å². The summed E-state index contributed by atoms with van der Waals surface area (Å²) < 4.78 is 6.12. The molecule has 1 saturated heterocycles. The highest BCUT2D eigenvalue weighted by atomic mass is 32.2. The summed E-state index contributed by atoms with van der Waals surface area (Å²) in [6.45, 7) is 0.310. The molecule has 0 unspecified atom stereocenters. The van der Waals surface area contributed by atoms with Gasteiger partial charge in [0.2, 0.25) is 0 Å². The minimum absolute atomic E-state index is 0.0504. The molecular formula is C17H12N2O4S2. The number of nitrogens with one attached hydrogen (secondary N) is 1. The molecule has 2 aromatic carbocycles. The van der Waals surface area contributed by atoms with Gasteiger partial charge in [-0.1, -0.05) is 36.1 Å². The molecule has 1 fully saturated rings. The summed E-state index contributed by atoms with van der Waals surface area (Å²) in [6.07, 6.45) is 1.76. The van der Waals surface area contributed by atoms with Gasteiger partial charge in [-0.15, -0.1) is 0 Å². The standard InChI is InChI=1S/C17H12N2O4S2/c20-16-15(25-17(24)18-16)9-11-3-7-14(8-4-11)23-10-12-1-5-13(6-2-12)19(21)22/h1-9H,10H2,(H,18,20,24)/b15-9-. The maximum atomic E-state index is 11.6. The van der Waals surface area contributed by atoms with Gasteiger partial charge in [-0.2, -0.15) is 0 Å². The van der Waals surface area contributed by atoms with Crippen molar-refractivity contribution in [2.75, 3.05) is 0 Å². The monoisotopic (exact) mass is 372 g/mol. The Morgan fingerprint density at radius 1 is 1.16 bits per heavy atom. The molecule has 2 aromatic rings. The number of carbonyl (C=O) groups is 1. The Bertz CT molecular complexity index is 861. The predicted molar refractivity (Wildman–Crippen MR) is 100 cm³/mol. The first-order chi connectivity index (χ1) is 12.0. The highest BCUT2D eigenvalue weighted by Gasteiger charge is 2.21. The van der Waals surface area contributed by atoms with Crippen molar-refractivity contribution >= 4 is 46.0 Å². The molecular weight excluding hydrogens is 360 g/mol. The number of rotatable bonds is 5. The molecule has 1 heterocycles. The number of non-ortho nitro benzene ring substituents is 1. The maximum absolute atomic E-state index is 11.6. The first-order valence-corrected chi connectivity index (χ1v) is 8.45. The van der Waals surface area contributed by atoms with E-state index in [1.807, 2.05) is 12.1 Å². The van der Waals surface area contributed by atoms with Crippen LogP contribution in [0.1, 0.15) is 11.1 Å². The van der Waals surface area contributed by atoms with E-state index in [9.17, 15) is 14.9 Å². The van der Waals surface area contributed by atoms with E-state index in [1.165, 1.54) is 23.9 Å². The molecule has 0 radical (unpaired) electrons. The van der Waals surface area contributed by atoms with Crippen LogP contribution in [0.3, 0.4) is 0 Å².